The Labute approximate surface area is 68.0 Å². The Morgan fingerprint density at radius 1 is 1.36 bits per heavy atom. The zero-order chi connectivity index (χ0) is 7.94. The van der Waals surface area contributed by atoms with Crippen LogP contribution in [0.2, 0.25) is 0 Å². The lowest BCUT2D eigenvalue weighted by Crippen LogP contribution is -1.75. The Hall–Kier alpha value is -1.03. The van der Waals surface area contributed by atoms with Crippen molar-refractivity contribution in [1.82, 2.24) is 0 Å². The SMILES string of the molecule is N#C/C=C\C1=CCCCCC1. The Bertz CT molecular complexity index is 205. The van der Waals surface area contributed by atoms with Crippen LogP contribution in [0.4, 0.5) is 0 Å². The molecule has 1 nitrogen and oxygen atoms in total. The highest BCUT2D eigenvalue weighted by atomic mass is 14.2. The fraction of sp³-hybridized carbons (Fsp3) is 0.500. The van der Waals surface area contributed by atoms with Crippen molar-refractivity contribution < 1.29 is 0 Å². The molecule has 0 N–H and O–H groups in total. The second kappa shape index (κ2) is 4.73. The van der Waals surface area contributed by atoms with E-state index in [2.05, 4.69) is 6.08 Å². The predicted octanol–water partition coefficient (Wildman–Crippen LogP) is 2.96. The Kier molecular flexibility index (Phi) is 3.47. The molecule has 0 heterocycles. The van der Waals surface area contributed by atoms with E-state index in [-0.39, 0.29) is 0 Å². The Balaban J connectivity index is 2.48. The summed E-state index contributed by atoms with van der Waals surface area (Å²) in [4.78, 5) is 0. The maximum absolute atomic E-state index is 8.30. The molecular weight excluding hydrogens is 134 g/mol. The van der Waals surface area contributed by atoms with Gasteiger partial charge in [-0.15, -0.1) is 0 Å². The van der Waals surface area contributed by atoms with Crippen LogP contribution in [-0.4, -0.2) is 0 Å². The number of nitrogens with zero attached hydrogens (tertiary/aromatic N) is 1. The first-order valence-electron chi connectivity index (χ1n) is 4.18. The summed E-state index contributed by atoms with van der Waals surface area (Å²) in [6, 6.07) is 2.01. The number of hydrogen-bond donors (Lipinski definition) is 0. The topological polar surface area (TPSA) is 23.8 Å². The molecule has 0 aromatic rings. The van der Waals surface area contributed by atoms with Gasteiger partial charge in [0.2, 0.25) is 0 Å². The van der Waals surface area contributed by atoms with Crippen molar-refractivity contribution in [2.45, 2.75) is 32.1 Å². The Morgan fingerprint density at radius 3 is 3.09 bits per heavy atom. The summed E-state index contributed by atoms with van der Waals surface area (Å²) in [6.45, 7) is 0. The lowest BCUT2D eigenvalue weighted by Gasteiger charge is -1.94. The van der Waals surface area contributed by atoms with Crippen LogP contribution in [0, 0.1) is 11.3 Å². The van der Waals surface area contributed by atoms with E-state index in [9.17, 15) is 0 Å². The van der Waals surface area contributed by atoms with Crippen LogP contribution in [0.1, 0.15) is 32.1 Å². The van der Waals surface area contributed by atoms with Crippen molar-refractivity contribution in [3.63, 3.8) is 0 Å². The lowest BCUT2D eigenvalue weighted by atomic mass is 10.1. The molecule has 0 atom stereocenters. The van der Waals surface area contributed by atoms with Crippen molar-refractivity contribution in [2.24, 2.45) is 0 Å². The quantitative estimate of drug-likeness (QED) is 0.523. The van der Waals surface area contributed by atoms with Crippen LogP contribution in [-0.2, 0) is 0 Å². The molecule has 1 aliphatic rings. The van der Waals surface area contributed by atoms with Crippen molar-refractivity contribution in [1.29, 1.82) is 5.26 Å². The van der Waals surface area contributed by atoms with E-state index in [4.69, 9.17) is 5.26 Å². The number of hydrogen-bond acceptors (Lipinski definition) is 1. The predicted molar refractivity (Wildman–Crippen MR) is 45.9 cm³/mol. The molecule has 0 radical (unpaired) electrons. The molecule has 0 amide bonds. The molecular formula is C10H13N. The standard InChI is InChI=1S/C10H13N/c11-9-5-8-10-6-3-1-2-4-7-10/h5-6,8H,1-4,7H2/b8-5-. The average Bonchev–Trinajstić information content (AvgIpc) is 2.28. The fourth-order valence-electron chi connectivity index (χ4n) is 1.34. The Morgan fingerprint density at radius 2 is 2.27 bits per heavy atom. The first-order chi connectivity index (χ1) is 5.43. The summed E-state index contributed by atoms with van der Waals surface area (Å²) in [7, 11) is 0. The highest BCUT2D eigenvalue weighted by Gasteiger charge is 1.98. The normalized spacial score (nSPS) is 19.0. The first kappa shape index (κ1) is 8.07. The van der Waals surface area contributed by atoms with Gasteiger partial charge >= 0.3 is 0 Å². The molecule has 0 aromatic carbocycles. The maximum atomic E-state index is 8.30. The van der Waals surface area contributed by atoms with Crippen molar-refractivity contribution in [3.8, 4) is 6.07 Å². The summed E-state index contributed by atoms with van der Waals surface area (Å²) in [6.07, 6.45) is 12.0. The van der Waals surface area contributed by atoms with Gasteiger partial charge in [-0.05, 0) is 31.8 Å². The molecule has 0 unspecified atom stereocenters. The highest BCUT2D eigenvalue weighted by Crippen LogP contribution is 2.17. The second-order valence-corrected chi connectivity index (χ2v) is 2.84. The smallest absolute Gasteiger partial charge is 0.0912 e. The molecule has 0 spiro atoms. The van der Waals surface area contributed by atoms with E-state index in [0.29, 0.717) is 0 Å². The molecule has 11 heavy (non-hydrogen) atoms. The van der Waals surface area contributed by atoms with Crippen LogP contribution in [0.3, 0.4) is 0 Å². The van der Waals surface area contributed by atoms with Gasteiger partial charge in [0, 0.05) is 6.08 Å². The van der Waals surface area contributed by atoms with Crippen LogP contribution in [0.15, 0.2) is 23.8 Å². The van der Waals surface area contributed by atoms with Crippen LogP contribution in [0.5, 0.6) is 0 Å². The van der Waals surface area contributed by atoms with E-state index >= 15 is 0 Å². The summed E-state index contributed by atoms with van der Waals surface area (Å²) < 4.78 is 0. The van der Waals surface area contributed by atoms with Gasteiger partial charge in [-0.3, -0.25) is 0 Å². The maximum Gasteiger partial charge on any atom is 0.0912 e. The van der Waals surface area contributed by atoms with E-state index in [1.54, 1.807) is 6.08 Å². The molecule has 58 valence electrons. The van der Waals surface area contributed by atoms with Gasteiger partial charge in [0.05, 0.1) is 6.07 Å². The zero-order valence-corrected chi connectivity index (χ0v) is 6.71. The first-order valence-corrected chi connectivity index (χ1v) is 4.18. The minimum Gasteiger partial charge on any atom is -0.193 e. The molecule has 0 saturated heterocycles. The third-order valence-electron chi connectivity index (χ3n) is 1.95. The van der Waals surface area contributed by atoms with Gasteiger partial charge in [0.15, 0.2) is 0 Å². The van der Waals surface area contributed by atoms with Crippen molar-refractivity contribution in [2.75, 3.05) is 0 Å². The minimum atomic E-state index is 1.15. The van der Waals surface area contributed by atoms with Gasteiger partial charge in [0.25, 0.3) is 0 Å². The highest BCUT2D eigenvalue weighted by molar-refractivity contribution is 5.23. The third-order valence-corrected chi connectivity index (χ3v) is 1.95. The van der Waals surface area contributed by atoms with Gasteiger partial charge < -0.3 is 0 Å². The van der Waals surface area contributed by atoms with Gasteiger partial charge in [-0.25, -0.2) is 0 Å². The summed E-state index contributed by atoms with van der Waals surface area (Å²) in [5.41, 5.74) is 1.34. The van der Waals surface area contributed by atoms with Gasteiger partial charge in [-0.2, -0.15) is 5.26 Å². The van der Waals surface area contributed by atoms with E-state index in [1.165, 1.54) is 31.3 Å². The van der Waals surface area contributed by atoms with Crippen LogP contribution in [0.25, 0.3) is 0 Å². The largest absolute Gasteiger partial charge is 0.193 e. The van der Waals surface area contributed by atoms with Gasteiger partial charge in [-0.1, -0.05) is 18.1 Å². The van der Waals surface area contributed by atoms with E-state index < -0.39 is 0 Å². The average molecular weight is 147 g/mol. The van der Waals surface area contributed by atoms with Crippen LogP contribution < -0.4 is 0 Å². The summed E-state index contributed by atoms with van der Waals surface area (Å²) >= 11 is 0. The molecule has 1 rings (SSSR count). The molecule has 0 aliphatic heterocycles. The summed E-state index contributed by atoms with van der Waals surface area (Å²) in [5.74, 6) is 0. The monoisotopic (exact) mass is 147 g/mol. The second-order valence-electron chi connectivity index (χ2n) is 2.84. The zero-order valence-electron chi connectivity index (χ0n) is 6.71. The number of allylic oxidation sites excluding steroid dienone is 4. The fourth-order valence-corrected chi connectivity index (χ4v) is 1.34. The van der Waals surface area contributed by atoms with Crippen LogP contribution >= 0.6 is 0 Å². The lowest BCUT2D eigenvalue weighted by molar-refractivity contribution is 0.714. The number of rotatable bonds is 1. The molecule has 0 bridgehead atoms. The van der Waals surface area contributed by atoms with Gasteiger partial charge in [0.1, 0.15) is 0 Å². The molecule has 1 aliphatic carbocycles. The molecule has 0 aromatic heterocycles. The minimum absolute atomic E-state index is 1.15. The van der Waals surface area contributed by atoms with E-state index in [1.807, 2.05) is 12.1 Å². The van der Waals surface area contributed by atoms with E-state index in [0.717, 1.165) is 6.42 Å². The summed E-state index contributed by atoms with van der Waals surface area (Å²) in [5, 5.41) is 8.30. The number of nitriles is 1. The van der Waals surface area contributed by atoms with Crippen molar-refractivity contribution in [3.05, 3.63) is 23.8 Å². The third kappa shape index (κ3) is 3.04. The molecule has 0 fully saturated rings. The molecule has 1 heteroatoms. The van der Waals surface area contributed by atoms with Crippen molar-refractivity contribution >= 4 is 0 Å². The molecule has 0 saturated carbocycles.